The molecule has 0 fully saturated rings. The molecule has 0 radical (unpaired) electrons. The van der Waals surface area contributed by atoms with E-state index in [2.05, 4.69) is 20.7 Å². The second-order valence-corrected chi connectivity index (χ2v) is 2.86. The molecule has 0 aromatic heterocycles. The summed E-state index contributed by atoms with van der Waals surface area (Å²) in [4.78, 5) is 0. The van der Waals surface area contributed by atoms with Gasteiger partial charge in [-0.25, -0.2) is 0 Å². The molecule has 15 heavy (non-hydrogen) atoms. The fourth-order valence-corrected chi connectivity index (χ4v) is 1.25. The van der Waals surface area contributed by atoms with Crippen molar-refractivity contribution in [3.8, 4) is 23.8 Å². The van der Waals surface area contributed by atoms with Gasteiger partial charge in [0.15, 0.2) is 11.5 Å². The molecule has 0 atom stereocenters. The van der Waals surface area contributed by atoms with Crippen molar-refractivity contribution >= 4 is 5.69 Å². The predicted molar refractivity (Wildman–Crippen MR) is 50.0 cm³/mol. The van der Waals surface area contributed by atoms with Gasteiger partial charge in [0.1, 0.15) is 0 Å². The first-order valence-electron chi connectivity index (χ1n) is 4.18. The van der Waals surface area contributed by atoms with Gasteiger partial charge >= 0.3 is 6.29 Å². The van der Waals surface area contributed by atoms with E-state index in [4.69, 9.17) is 6.42 Å². The molecule has 0 saturated heterocycles. The van der Waals surface area contributed by atoms with Gasteiger partial charge in [-0.1, -0.05) is 12.0 Å². The van der Waals surface area contributed by atoms with Crippen LogP contribution in [0.2, 0.25) is 0 Å². The van der Waals surface area contributed by atoms with Crippen molar-refractivity contribution in [2.75, 3.05) is 11.9 Å². The van der Waals surface area contributed by atoms with E-state index in [9.17, 15) is 8.78 Å². The van der Waals surface area contributed by atoms with Crippen molar-refractivity contribution in [2.45, 2.75) is 6.29 Å². The van der Waals surface area contributed by atoms with Crippen molar-refractivity contribution < 1.29 is 18.3 Å². The Morgan fingerprint density at radius 2 is 2.20 bits per heavy atom. The third-order valence-electron chi connectivity index (χ3n) is 1.81. The van der Waals surface area contributed by atoms with E-state index in [1.807, 2.05) is 0 Å². The largest absolute Gasteiger partial charge is 0.586 e. The van der Waals surface area contributed by atoms with Gasteiger partial charge in [-0.05, 0) is 12.1 Å². The molecule has 0 aliphatic carbocycles. The van der Waals surface area contributed by atoms with Crippen LogP contribution in [0.5, 0.6) is 11.5 Å². The van der Waals surface area contributed by atoms with Crippen LogP contribution in [0, 0.1) is 12.3 Å². The van der Waals surface area contributed by atoms with Crippen LogP contribution < -0.4 is 14.8 Å². The van der Waals surface area contributed by atoms with Gasteiger partial charge in [-0.15, -0.1) is 15.2 Å². The zero-order valence-electron chi connectivity index (χ0n) is 7.59. The monoisotopic (exact) mass is 211 g/mol. The topological polar surface area (TPSA) is 30.5 Å². The molecule has 0 saturated carbocycles. The summed E-state index contributed by atoms with van der Waals surface area (Å²) in [6.07, 6.45) is 1.44. The van der Waals surface area contributed by atoms with E-state index < -0.39 is 6.29 Å². The Balaban J connectivity index is 2.30. The molecular weight excluding hydrogens is 204 g/mol. The summed E-state index contributed by atoms with van der Waals surface area (Å²) in [5.41, 5.74) is 0.391. The maximum atomic E-state index is 12.7. The van der Waals surface area contributed by atoms with Gasteiger partial charge in [-0.3, -0.25) is 0 Å². The number of hydrogen-bond donors (Lipinski definition) is 1. The lowest BCUT2D eigenvalue weighted by atomic mass is 10.2. The minimum absolute atomic E-state index is 0.00187. The summed E-state index contributed by atoms with van der Waals surface area (Å²) in [5, 5.41) is 2.76. The van der Waals surface area contributed by atoms with Crippen LogP contribution in [0.15, 0.2) is 18.2 Å². The molecule has 0 bridgehead atoms. The van der Waals surface area contributed by atoms with Crippen molar-refractivity contribution in [2.24, 2.45) is 0 Å². The molecule has 1 aliphatic rings. The summed E-state index contributed by atoms with van der Waals surface area (Å²) < 4.78 is 34.1. The predicted octanol–water partition coefficient (Wildman–Crippen LogP) is 2.05. The molecule has 1 aromatic rings. The minimum atomic E-state index is -3.60. The van der Waals surface area contributed by atoms with Gasteiger partial charge in [0.05, 0.1) is 12.2 Å². The normalized spacial score (nSPS) is 15.8. The van der Waals surface area contributed by atoms with Crippen LogP contribution in [0.25, 0.3) is 0 Å². The summed E-state index contributed by atoms with van der Waals surface area (Å²) in [5.74, 6) is 2.32. The van der Waals surface area contributed by atoms with Gasteiger partial charge in [0.2, 0.25) is 0 Å². The van der Waals surface area contributed by atoms with Crippen LogP contribution in [0.4, 0.5) is 14.5 Å². The number of fused-ring (bicyclic) bond motifs is 1. The maximum Gasteiger partial charge on any atom is 0.586 e. The SMILES string of the molecule is C#CCNc1cccc2c1OC(F)(F)O2. The van der Waals surface area contributed by atoms with E-state index >= 15 is 0 Å². The van der Waals surface area contributed by atoms with Gasteiger partial charge in [-0.2, -0.15) is 0 Å². The Hall–Kier alpha value is -1.96. The third kappa shape index (κ3) is 1.79. The van der Waals surface area contributed by atoms with Crippen LogP contribution in [-0.4, -0.2) is 12.8 Å². The Labute approximate surface area is 85.0 Å². The zero-order valence-corrected chi connectivity index (χ0v) is 7.59. The molecule has 0 amide bonds. The zero-order chi connectivity index (χ0) is 10.9. The molecule has 5 heteroatoms. The van der Waals surface area contributed by atoms with Gasteiger partial charge < -0.3 is 14.8 Å². The van der Waals surface area contributed by atoms with Crippen LogP contribution in [0.1, 0.15) is 0 Å². The third-order valence-corrected chi connectivity index (χ3v) is 1.81. The second-order valence-electron chi connectivity index (χ2n) is 2.86. The highest BCUT2D eigenvalue weighted by atomic mass is 19.3. The van der Waals surface area contributed by atoms with Crippen LogP contribution in [0.3, 0.4) is 0 Å². The summed E-state index contributed by atoms with van der Waals surface area (Å²) in [7, 11) is 0. The highest BCUT2D eigenvalue weighted by Crippen LogP contribution is 2.45. The molecule has 1 heterocycles. The van der Waals surface area contributed by atoms with E-state index in [1.165, 1.54) is 6.07 Å². The number of ether oxygens (including phenoxy) is 2. The standard InChI is InChI=1S/C10H7F2NO2/c1-2-6-13-7-4-3-5-8-9(7)15-10(11,12)14-8/h1,3-5,13H,6H2. The number of halogens is 2. The molecule has 78 valence electrons. The number of anilines is 1. The Morgan fingerprint density at radius 1 is 1.40 bits per heavy atom. The van der Waals surface area contributed by atoms with E-state index in [1.54, 1.807) is 12.1 Å². The lowest BCUT2D eigenvalue weighted by Gasteiger charge is -2.07. The smallest absolute Gasteiger partial charge is 0.395 e. The average molecular weight is 211 g/mol. The molecule has 3 nitrogen and oxygen atoms in total. The van der Waals surface area contributed by atoms with Crippen molar-refractivity contribution in [3.63, 3.8) is 0 Å². The molecular formula is C10H7F2NO2. The number of nitrogens with one attached hydrogen (secondary N) is 1. The van der Waals surface area contributed by atoms with Gasteiger partial charge in [0, 0.05) is 0 Å². The lowest BCUT2D eigenvalue weighted by Crippen LogP contribution is -2.26. The molecule has 1 aromatic carbocycles. The van der Waals surface area contributed by atoms with Gasteiger partial charge in [0.25, 0.3) is 0 Å². The van der Waals surface area contributed by atoms with Crippen LogP contribution >= 0.6 is 0 Å². The summed E-state index contributed by atoms with van der Waals surface area (Å²) in [6.45, 7) is 0.228. The lowest BCUT2D eigenvalue weighted by molar-refractivity contribution is -0.286. The fourth-order valence-electron chi connectivity index (χ4n) is 1.25. The molecule has 2 rings (SSSR count). The quantitative estimate of drug-likeness (QED) is 0.759. The number of rotatable bonds is 2. The first-order valence-corrected chi connectivity index (χ1v) is 4.18. The Bertz CT molecular complexity index is 426. The van der Waals surface area contributed by atoms with E-state index in [0.29, 0.717) is 5.69 Å². The minimum Gasteiger partial charge on any atom is -0.395 e. The molecule has 1 aliphatic heterocycles. The number of hydrogen-bond acceptors (Lipinski definition) is 3. The van der Waals surface area contributed by atoms with Crippen LogP contribution in [-0.2, 0) is 0 Å². The van der Waals surface area contributed by atoms with Crippen molar-refractivity contribution in [1.82, 2.24) is 0 Å². The first-order chi connectivity index (χ1) is 7.12. The maximum absolute atomic E-state index is 12.7. The Morgan fingerprint density at radius 3 is 2.93 bits per heavy atom. The highest BCUT2D eigenvalue weighted by Gasteiger charge is 2.44. The summed E-state index contributed by atoms with van der Waals surface area (Å²) >= 11 is 0. The fraction of sp³-hybridized carbons (Fsp3) is 0.200. The average Bonchev–Trinajstić information content (AvgIpc) is 2.49. The number of alkyl halides is 2. The number of terminal acetylenes is 1. The van der Waals surface area contributed by atoms with Crippen molar-refractivity contribution in [1.29, 1.82) is 0 Å². The first kappa shape index (κ1) is 9.59. The molecule has 1 N–H and O–H groups in total. The number of benzene rings is 1. The molecule has 0 unspecified atom stereocenters. The highest BCUT2D eigenvalue weighted by molar-refractivity contribution is 5.64. The number of para-hydroxylation sites is 1. The van der Waals surface area contributed by atoms with Crippen molar-refractivity contribution in [3.05, 3.63) is 18.2 Å². The van der Waals surface area contributed by atoms with E-state index in [-0.39, 0.29) is 18.0 Å². The van der Waals surface area contributed by atoms with E-state index in [0.717, 1.165) is 0 Å². The Kier molecular flexibility index (Phi) is 2.12. The summed E-state index contributed by atoms with van der Waals surface area (Å²) in [6, 6.07) is 4.56. The molecule has 0 spiro atoms. The second kappa shape index (κ2) is 3.31.